The number of fused-ring (bicyclic) bond motifs is 1. The summed E-state index contributed by atoms with van der Waals surface area (Å²) in [4.78, 5) is 0. The van der Waals surface area contributed by atoms with Crippen LogP contribution in [0.15, 0.2) is 34.9 Å². The monoisotopic (exact) mass is 214 g/mol. The van der Waals surface area contributed by atoms with E-state index in [0.29, 0.717) is 17.3 Å². The number of hydrogen-bond acceptors (Lipinski definition) is 4. The SMILES string of the molecule is Cc1ccc(-c2nnc3ccc(N)cn23)o1. The fraction of sp³-hybridized carbons (Fsp3) is 0.0909. The van der Waals surface area contributed by atoms with Gasteiger partial charge in [0.2, 0.25) is 5.82 Å². The van der Waals surface area contributed by atoms with Crippen LogP contribution in [0.1, 0.15) is 5.76 Å². The topological polar surface area (TPSA) is 69.3 Å². The van der Waals surface area contributed by atoms with Crippen molar-refractivity contribution in [2.24, 2.45) is 0 Å². The maximum absolute atomic E-state index is 5.73. The van der Waals surface area contributed by atoms with Crippen molar-refractivity contribution in [1.29, 1.82) is 0 Å². The standard InChI is InChI=1S/C11H10N4O/c1-7-2-4-9(16-7)11-14-13-10-5-3-8(12)6-15(10)11/h2-6H,12H2,1H3. The maximum atomic E-state index is 5.73. The van der Waals surface area contributed by atoms with Gasteiger partial charge in [0.25, 0.3) is 0 Å². The van der Waals surface area contributed by atoms with Crippen LogP contribution < -0.4 is 5.73 Å². The Balaban J connectivity index is 2.27. The van der Waals surface area contributed by atoms with Crippen LogP contribution in [0.2, 0.25) is 0 Å². The smallest absolute Gasteiger partial charge is 0.204 e. The normalized spacial score (nSPS) is 11.1. The first kappa shape index (κ1) is 8.96. The van der Waals surface area contributed by atoms with Gasteiger partial charge in [-0.2, -0.15) is 0 Å². The van der Waals surface area contributed by atoms with Gasteiger partial charge in [-0.3, -0.25) is 4.40 Å². The Hall–Kier alpha value is -2.30. The van der Waals surface area contributed by atoms with Crippen molar-refractivity contribution in [3.8, 4) is 11.6 Å². The van der Waals surface area contributed by atoms with E-state index in [0.717, 1.165) is 11.4 Å². The Labute approximate surface area is 91.5 Å². The first-order valence-electron chi connectivity index (χ1n) is 4.91. The molecule has 0 unspecified atom stereocenters. The minimum atomic E-state index is 0.662. The van der Waals surface area contributed by atoms with Gasteiger partial charge in [-0.25, -0.2) is 0 Å². The molecular formula is C11H10N4O. The fourth-order valence-electron chi connectivity index (χ4n) is 1.63. The largest absolute Gasteiger partial charge is 0.458 e. The Morgan fingerprint density at radius 3 is 2.81 bits per heavy atom. The molecule has 3 aromatic heterocycles. The molecule has 0 radical (unpaired) electrons. The van der Waals surface area contributed by atoms with Crippen LogP contribution in [-0.2, 0) is 0 Å². The zero-order chi connectivity index (χ0) is 11.1. The molecule has 0 aliphatic carbocycles. The molecule has 0 spiro atoms. The number of aromatic nitrogens is 3. The second-order valence-corrected chi connectivity index (χ2v) is 3.62. The number of furan rings is 1. The molecule has 0 saturated carbocycles. The summed E-state index contributed by atoms with van der Waals surface area (Å²) in [6.45, 7) is 1.89. The van der Waals surface area contributed by atoms with Gasteiger partial charge in [-0.1, -0.05) is 0 Å². The van der Waals surface area contributed by atoms with Crippen LogP contribution in [0.3, 0.4) is 0 Å². The molecule has 0 atom stereocenters. The predicted octanol–water partition coefficient (Wildman–Crippen LogP) is 1.88. The highest BCUT2D eigenvalue weighted by molar-refractivity contribution is 5.56. The third kappa shape index (κ3) is 1.25. The lowest BCUT2D eigenvalue weighted by Gasteiger charge is -1.97. The van der Waals surface area contributed by atoms with Gasteiger partial charge < -0.3 is 10.2 Å². The summed E-state index contributed by atoms with van der Waals surface area (Å²) in [5, 5.41) is 8.13. The molecule has 16 heavy (non-hydrogen) atoms. The molecule has 2 N–H and O–H groups in total. The van der Waals surface area contributed by atoms with Crippen LogP contribution in [0.4, 0.5) is 5.69 Å². The van der Waals surface area contributed by atoms with Crippen molar-refractivity contribution in [3.05, 3.63) is 36.2 Å². The number of rotatable bonds is 1. The molecule has 0 aliphatic heterocycles. The van der Waals surface area contributed by atoms with Crippen molar-refractivity contribution in [3.63, 3.8) is 0 Å². The molecule has 80 valence electrons. The Morgan fingerprint density at radius 1 is 1.19 bits per heavy atom. The van der Waals surface area contributed by atoms with Crippen molar-refractivity contribution >= 4 is 11.3 Å². The average Bonchev–Trinajstić information content (AvgIpc) is 2.83. The molecule has 0 aliphatic rings. The van der Waals surface area contributed by atoms with Gasteiger partial charge in [-0.05, 0) is 31.2 Å². The molecular weight excluding hydrogens is 204 g/mol. The highest BCUT2D eigenvalue weighted by Gasteiger charge is 2.11. The number of nitrogen functional groups attached to an aromatic ring is 1. The summed E-state index contributed by atoms with van der Waals surface area (Å²) >= 11 is 0. The molecule has 0 saturated heterocycles. The number of anilines is 1. The maximum Gasteiger partial charge on any atom is 0.204 e. The Bertz CT molecular complexity index is 653. The van der Waals surface area contributed by atoms with Crippen molar-refractivity contribution in [1.82, 2.24) is 14.6 Å². The first-order valence-corrected chi connectivity index (χ1v) is 4.91. The van der Waals surface area contributed by atoms with Gasteiger partial charge in [0.15, 0.2) is 11.4 Å². The average molecular weight is 214 g/mol. The Kier molecular flexibility index (Phi) is 1.73. The summed E-state index contributed by atoms with van der Waals surface area (Å²) < 4.78 is 7.32. The third-order valence-corrected chi connectivity index (χ3v) is 2.39. The van der Waals surface area contributed by atoms with Crippen molar-refractivity contribution in [2.75, 3.05) is 5.73 Å². The summed E-state index contributed by atoms with van der Waals surface area (Å²) in [6.07, 6.45) is 1.78. The second-order valence-electron chi connectivity index (χ2n) is 3.62. The molecule has 0 fully saturated rings. The van der Waals surface area contributed by atoms with Crippen LogP contribution in [-0.4, -0.2) is 14.6 Å². The summed E-state index contributed by atoms with van der Waals surface area (Å²) in [6, 6.07) is 7.38. The van der Waals surface area contributed by atoms with Crippen LogP contribution in [0.5, 0.6) is 0 Å². The van der Waals surface area contributed by atoms with E-state index in [9.17, 15) is 0 Å². The van der Waals surface area contributed by atoms with Crippen molar-refractivity contribution in [2.45, 2.75) is 6.92 Å². The molecule has 3 aromatic rings. The van der Waals surface area contributed by atoms with E-state index in [4.69, 9.17) is 10.2 Å². The lowest BCUT2D eigenvalue weighted by molar-refractivity contribution is 0.543. The highest BCUT2D eigenvalue weighted by atomic mass is 16.3. The Morgan fingerprint density at radius 2 is 2.06 bits per heavy atom. The molecule has 0 aromatic carbocycles. The van der Waals surface area contributed by atoms with E-state index in [-0.39, 0.29) is 0 Å². The number of pyridine rings is 1. The molecule has 5 nitrogen and oxygen atoms in total. The van der Waals surface area contributed by atoms with Gasteiger partial charge in [0.05, 0.1) is 0 Å². The van der Waals surface area contributed by atoms with Gasteiger partial charge in [-0.15, -0.1) is 10.2 Å². The molecule has 0 amide bonds. The van der Waals surface area contributed by atoms with E-state index in [1.165, 1.54) is 0 Å². The summed E-state index contributed by atoms with van der Waals surface area (Å²) in [7, 11) is 0. The van der Waals surface area contributed by atoms with Crippen LogP contribution >= 0.6 is 0 Å². The van der Waals surface area contributed by atoms with E-state index in [1.54, 1.807) is 12.3 Å². The predicted molar refractivity (Wildman–Crippen MR) is 59.8 cm³/mol. The molecule has 3 heterocycles. The molecule has 3 rings (SSSR count). The summed E-state index contributed by atoms with van der Waals surface area (Å²) in [5.41, 5.74) is 7.14. The quantitative estimate of drug-likeness (QED) is 0.671. The fourth-order valence-corrected chi connectivity index (χ4v) is 1.63. The van der Waals surface area contributed by atoms with Crippen LogP contribution in [0, 0.1) is 6.92 Å². The van der Waals surface area contributed by atoms with Gasteiger partial charge >= 0.3 is 0 Å². The minimum absolute atomic E-state index is 0.662. The first-order chi connectivity index (χ1) is 7.74. The van der Waals surface area contributed by atoms with E-state index < -0.39 is 0 Å². The second kappa shape index (κ2) is 3.10. The van der Waals surface area contributed by atoms with Crippen LogP contribution in [0.25, 0.3) is 17.2 Å². The zero-order valence-electron chi connectivity index (χ0n) is 8.71. The summed E-state index contributed by atoms with van der Waals surface area (Å²) in [5.74, 6) is 2.20. The van der Waals surface area contributed by atoms with Gasteiger partial charge in [0.1, 0.15) is 5.76 Å². The van der Waals surface area contributed by atoms with Gasteiger partial charge in [0, 0.05) is 11.9 Å². The molecule has 0 bridgehead atoms. The lowest BCUT2D eigenvalue weighted by Crippen LogP contribution is -1.92. The number of nitrogens with two attached hydrogens (primary N) is 1. The zero-order valence-corrected chi connectivity index (χ0v) is 8.71. The molecule has 5 heteroatoms. The lowest BCUT2D eigenvalue weighted by atomic mass is 10.4. The number of nitrogens with zero attached hydrogens (tertiary/aromatic N) is 3. The van der Waals surface area contributed by atoms with Crippen molar-refractivity contribution < 1.29 is 4.42 Å². The van der Waals surface area contributed by atoms with E-state index in [2.05, 4.69) is 10.2 Å². The number of aryl methyl sites for hydroxylation is 1. The van der Waals surface area contributed by atoms with E-state index in [1.807, 2.05) is 29.5 Å². The number of hydrogen-bond donors (Lipinski definition) is 1. The van der Waals surface area contributed by atoms with E-state index >= 15 is 0 Å². The third-order valence-electron chi connectivity index (χ3n) is 2.39. The highest BCUT2D eigenvalue weighted by Crippen LogP contribution is 2.21. The minimum Gasteiger partial charge on any atom is -0.458 e.